The highest BCUT2D eigenvalue weighted by molar-refractivity contribution is 6.06. The Hall–Kier alpha value is -0.900. The molecule has 9 heavy (non-hydrogen) atoms. The number of nitrogens with one attached hydrogen (secondary N) is 1. The van der Waals surface area contributed by atoms with Gasteiger partial charge in [-0.05, 0) is 0 Å². The molecule has 0 radical (unpaired) electrons. The molecule has 0 aromatic heterocycles. The Morgan fingerprint density at radius 2 is 2.44 bits per heavy atom. The smallest absolute Gasteiger partial charge is 0.244 e. The summed E-state index contributed by atoms with van der Waals surface area (Å²) in [5.74, 6) is 0.160. The molecule has 1 fully saturated rings. The monoisotopic (exact) mass is 127 g/mol. The standard InChI is InChI=1S/C5H9N3O/c1-8-4(7)2-3(6)5(8)9/h3,7H,2,6H2,1H3. The van der Waals surface area contributed by atoms with Crippen molar-refractivity contribution in [3.05, 3.63) is 0 Å². The van der Waals surface area contributed by atoms with Gasteiger partial charge in [0, 0.05) is 13.5 Å². The fraction of sp³-hybridized carbons (Fsp3) is 0.600. The van der Waals surface area contributed by atoms with Gasteiger partial charge in [-0.25, -0.2) is 0 Å². The number of carbonyl (C=O) groups is 1. The largest absolute Gasteiger partial charge is 0.320 e. The number of amidine groups is 1. The summed E-state index contributed by atoms with van der Waals surface area (Å²) in [6, 6.07) is -0.470. The average molecular weight is 127 g/mol. The summed E-state index contributed by atoms with van der Waals surface area (Å²) in [6.07, 6.45) is 0.384. The number of carbonyl (C=O) groups excluding carboxylic acids is 1. The lowest BCUT2D eigenvalue weighted by molar-refractivity contribution is -0.125. The zero-order valence-corrected chi connectivity index (χ0v) is 5.22. The Bertz CT molecular complexity index is 166. The molecule has 0 aromatic rings. The Balaban J connectivity index is 2.77. The Labute approximate surface area is 53.1 Å². The third-order valence-electron chi connectivity index (χ3n) is 1.47. The number of hydrogen-bond donors (Lipinski definition) is 2. The summed E-state index contributed by atoms with van der Waals surface area (Å²) >= 11 is 0. The lowest BCUT2D eigenvalue weighted by Crippen LogP contribution is -2.32. The zero-order chi connectivity index (χ0) is 7.02. The molecule has 1 amide bonds. The Kier molecular flexibility index (Phi) is 1.25. The molecule has 4 heteroatoms. The van der Waals surface area contributed by atoms with Crippen molar-refractivity contribution in [3.8, 4) is 0 Å². The quantitative estimate of drug-likeness (QED) is 0.445. The van der Waals surface area contributed by atoms with Crippen molar-refractivity contribution in [2.75, 3.05) is 7.05 Å². The summed E-state index contributed by atoms with van der Waals surface area (Å²) in [6.45, 7) is 0. The number of nitrogens with two attached hydrogens (primary N) is 1. The maximum Gasteiger partial charge on any atom is 0.244 e. The highest BCUT2D eigenvalue weighted by Gasteiger charge is 2.29. The van der Waals surface area contributed by atoms with Gasteiger partial charge in [0.05, 0.1) is 6.04 Å². The van der Waals surface area contributed by atoms with Crippen LogP contribution < -0.4 is 5.73 Å². The van der Waals surface area contributed by atoms with Crippen LogP contribution >= 0.6 is 0 Å². The summed E-state index contributed by atoms with van der Waals surface area (Å²) in [7, 11) is 1.57. The molecular weight excluding hydrogens is 118 g/mol. The fourth-order valence-corrected chi connectivity index (χ4v) is 0.814. The van der Waals surface area contributed by atoms with E-state index in [9.17, 15) is 4.79 Å². The molecule has 0 aliphatic carbocycles. The van der Waals surface area contributed by atoms with Crippen LogP contribution in [0.1, 0.15) is 6.42 Å². The van der Waals surface area contributed by atoms with Gasteiger partial charge in [-0.3, -0.25) is 10.2 Å². The van der Waals surface area contributed by atoms with E-state index in [1.54, 1.807) is 7.05 Å². The molecule has 1 rings (SSSR count). The maximum atomic E-state index is 10.8. The molecule has 0 aromatic carbocycles. The van der Waals surface area contributed by atoms with Crippen LogP contribution in [0.2, 0.25) is 0 Å². The molecule has 1 unspecified atom stereocenters. The first-order chi connectivity index (χ1) is 4.13. The number of likely N-dealkylation sites (N-methyl/N-ethyl adjacent to an activating group) is 1. The first-order valence-corrected chi connectivity index (χ1v) is 2.73. The van der Waals surface area contributed by atoms with E-state index in [0.717, 1.165) is 0 Å². The van der Waals surface area contributed by atoms with E-state index in [1.165, 1.54) is 4.90 Å². The van der Waals surface area contributed by atoms with E-state index in [0.29, 0.717) is 12.3 Å². The van der Waals surface area contributed by atoms with Crippen molar-refractivity contribution in [2.24, 2.45) is 5.73 Å². The number of rotatable bonds is 0. The van der Waals surface area contributed by atoms with Gasteiger partial charge < -0.3 is 10.6 Å². The van der Waals surface area contributed by atoms with Gasteiger partial charge in [-0.15, -0.1) is 0 Å². The van der Waals surface area contributed by atoms with Gasteiger partial charge in [0.1, 0.15) is 5.84 Å². The summed E-state index contributed by atoms with van der Waals surface area (Å²) in [4.78, 5) is 12.1. The minimum Gasteiger partial charge on any atom is -0.320 e. The van der Waals surface area contributed by atoms with Crippen molar-refractivity contribution < 1.29 is 4.79 Å². The van der Waals surface area contributed by atoms with Gasteiger partial charge in [0.15, 0.2) is 0 Å². The SMILES string of the molecule is CN1C(=N)CC(N)C1=O. The van der Waals surface area contributed by atoms with Crippen LogP contribution in [-0.2, 0) is 4.79 Å². The molecule has 0 bridgehead atoms. The summed E-state index contributed by atoms with van der Waals surface area (Å²) in [5, 5.41) is 7.14. The van der Waals surface area contributed by atoms with Crippen molar-refractivity contribution in [1.82, 2.24) is 4.90 Å². The van der Waals surface area contributed by atoms with E-state index in [4.69, 9.17) is 11.1 Å². The number of hydrogen-bond acceptors (Lipinski definition) is 3. The summed E-state index contributed by atoms with van der Waals surface area (Å²) < 4.78 is 0. The van der Waals surface area contributed by atoms with Gasteiger partial charge in [-0.1, -0.05) is 0 Å². The molecule has 1 aliphatic heterocycles. The van der Waals surface area contributed by atoms with Crippen LogP contribution in [0.3, 0.4) is 0 Å². The summed E-state index contributed by atoms with van der Waals surface area (Å²) in [5.41, 5.74) is 5.33. The van der Waals surface area contributed by atoms with Gasteiger partial charge in [0.2, 0.25) is 5.91 Å². The van der Waals surface area contributed by atoms with E-state index in [-0.39, 0.29) is 5.91 Å². The number of nitrogens with zero attached hydrogens (tertiary/aromatic N) is 1. The third-order valence-corrected chi connectivity index (χ3v) is 1.47. The van der Waals surface area contributed by atoms with Crippen LogP contribution in [0.15, 0.2) is 0 Å². The highest BCUT2D eigenvalue weighted by atomic mass is 16.2. The molecular formula is C5H9N3O. The van der Waals surface area contributed by atoms with Crippen molar-refractivity contribution in [2.45, 2.75) is 12.5 Å². The normalized spacial score (nSPS) is 27.8. The molecule has 0 saturated carbocycles. The Morgan fingerprint density at radius 3 is 2.56 bits per heavy atom. The molecule has 1 saturated heterocycles. The van der Waals surface area contributed by atoms with Gasteiger partial charge in [-0.2, -0.15) is 0 Å². The fourth-order valence-electron chi connectivity index (χ4n) is 0.814. The lowest BCUT2D eigenvalue weighted by Gasteiger charge is -2.05. The molecule has 50 valence electrons. The second kappa shape index (κ2) is 1.80. The van der Waals surface area contributed by atoms with Crippen LogP contribution in [0.4, 0.5) is 0 Å². The second-order valence-electron chi connectivity index (χ2n) is 2.15. The van der Waals surface area contributed by atoms with Crippen LogP contribution in [0, 0.1) is 5.41 Å². The first kappa shape index (κ1) is 6.22. The van der Waals surface area contributed by atoms with Crippen LogP contribution in [0.25, 0.3) is 0 Å². The predicted molar refractivity (Wildman–Crippen MR) is 33.1 cm³/mol. The zero-order valence-electron chi connectivity index (χ0n) is 5.22. The average Bonchev–Trinajstić information content (AvgIpc) is 1.98. The van der Waals surface area contributed by atoms with Crippen molar-refractivity contribution in [1.29, 1.82) is 5.41 Å². The number of amides is 1. The van der Waals surface area contributed by atoms with Gasteiger partial charge in [0.25, 0.3) is 0 Å². The first-order valence-electron chi connectivity index (χ1n) is 2.73. The highest BCUT2D eigenvalue weighted by Crippen LogP contribution is 2.07. The van der Waals surface area contributed by atoms with Crippen molar-refractivity contribution in [3.63, 3.8) is 0 Å². The molecule has 0 spiro atoms. The maximum absolute atomic E-state index is 10.8. The number of likely N-dealkylation sites (tertiary alicyclic amines) is 1. The molecule has 4 nitrogen and oxygen atoms in total. The molecule has 3 N–H and O–H groups in total. The molecule has 1 aliphatic rings. The van der Waals surface area contributed by atoms with Crippen molar-refractivity contribution >= 4 is 11.7 Å². The predicted octanol–water partition coefficient (Wildman–Crippen LogP) is -0.847. The van der Waals surface area contributed by atoms with E-state index < -0.39 is 6.04 Å². The third kappa shape index (κ3) is 0.810. The Morgan fingerprint density at radius 1 is 1.89 bits per heavy atom. The molecule has 1 heterocycles. The molecule has 1 atom stereocenters. The van der Waals surface area contributed by atoms with Crippen LogP contribution in [-0.4, -0.2) is 29.7 Å². The minimum absolute atomic E-state index is 0.153. The lowest BCUT2D eigenvalue weighted by atomic mass is 10.3. The van der Waals surface area contributed by atoms with E-state index in [1.807, 2.05) is 0 Å². The van der Waals surface area contributed by atoms with E-state index in [2.05, 4.69) is 0 Å². The minimum atomic E-state index is -0.470. The van der Waals surface area contributed by atoms with Gasteiger partial charge >= 0.3 is 0 Å². The second-order valence-corrected chi connectivity index (χ2v) is 2.15. The topological polar surface area (TPSA) is 70.2 Å². The van der Waals surface area contributed by atoms with Crippen LogP contribution in [0.5, 0.6) is 0 Å². The van der Waals surface area contributed by atoms with E-state index >= 15 is 0 Å².